The molecule has 0 radical (unpaired) electrons. The van der Waals surface area contributed by atoms with Crippen LogP contribution < -0.4 is 15.0 Å². The first-order valence-electron chi connectivity index (χ1n) is 8.07. The Hall–Kier alpha value is -2.12. The molecule has 0 saturated carbocycles. The van der Waals surface area contributed by atoms with Gasteiger partial charge in [0.05, 0.1) is 25.9 Å². The Morgan fingerprint density at radius 2 is 2.16 bits per heavy atom. The minimum absolute atomic E-state index is 0.164. The number of anilines is 1. The number of methoxy groups -OCH3 is 1. The summed E-state index contributed by atoms with van der Waals surface area (Å²) in [6.07, 6.45) is 1.77. The molecule has 1 saturated heterocycles. The van der Waals surface area contributed by atoms with Gasteiger partial charge in [0.15, 0.2) is 0 Å². The second kappa shape index (κ2) is 8.31. The lowest BCUT2D eigenvalue weighted by Crippen LogP contribution is -2.37. The van der Waals surface area contributed by atoms with Crippen molar-refractivity contribution in [3.63, 3.8) is 0 Å². The van der Waals surface area contributed by atoms with Crippen LogP contribution in [0.5, 0.6) is 5.75 Å². The van der Waals surface area contributed by atoms with Gasteiger partial charge >= 0.3 is 0 Å². The van der Waals surface area contributed by atoms with Crippen molar-refractivity contribution in [2.24, 2.45) is 0 Å². The van der Waals surface area contributed by atoms with Crippen molar-refractivity contribution in [1.29, 1.82) is 0 Å². The van der Waals surface area contributed by atoms with E-state index in [4.69, 9.17) is 9.47 Å². The standard InChI is InChI=1S/C18H20BrN3O3/c1-24-14-4-5-16(19)15(11-14)18(23)21-12-13-3-2-6-20-17(13)22-7-9-25-10-8-22/h2-6,11H,7-10,12H2,1H3,(H,21,23). The maximum atomic E-state index is 12.5. The topological polar surface area (TPSA) is 63.7 Å². The van der Waals surface area contributed by atoms with Gasteiger partial charge in [-0.1, -0.05) is 6.07 Å². The average Bonchev–Trinajstić information content (AvgIpc) is 2.67. The molecule has 1 aliphatic rings. The maximum Gasteiger partial charge on any atom is 0.252 e. The molecule has 1 aromatic carbocycles. The molecule has 25 heavy (non-hydrogen) atoms. The zero-order chi connectivity index (χ0) is 17.6. The highest BCUT2D eigenvalue weighted by atomic mass is 79.9. The third-order valence-electron chi connectivity index (χ3n) is 4.04. The lowest BCUT2D eigenvalue weighted by atomic mass is 10.2. The number of nitrogens with zero attached hydrogens (tertiary/aromatic N) is 2. The summed E-state index contributed by atoms with van der Waals surface area (Å²) < 4.78 is 11.3. The third kappa shape index (κ3) is 4.29. The molecule has 0 atom stereocenters. The molecular formula is C18H20BrN3O3. The summed E-state index contributed by atoms with van der Waals surface area (Å²) in [4.78, 5) is 19.2. The van der Waals surface area contributed by atoms with Crippen LogP contribution in [0.2, 0.25) is 0 Å². The van der Waals surface area contributed by atoms with E-state index in [0.29, 0.717) is 31.1 Å². The van der Waals surface area contributed by atoms with E-state index in [2.05, 4.69) is 31.1 Å². The van der Waals surface area contributed by atoms with E-state index in [1.54, 1.807) is 31.5 Å². The summed E-state index contributed by atoms with van der Waals surface area (Å²) >= 11 is 3.41. The highest BCUT2D eigenvalue weighted by Crippen LogP contribution is 2.23. The van der Waals surface area contributed by atoms with Gasteiger partial charge in [0.25, 0.3) is 5.91 Å². The van der Waals surface area contributed by atoms with Crippen LogP contribution in [0.4, 0.5) is 5.82 Å². The number of ether oxygens (including phenoxy) is 2. The Labute approximate surface area is 155 Å². The van der Waals surface area contributed by atoms with E-state index in [-0.39, 0.29) is 5.91 Å². The van der Waals surface area contributed by atoms with Gasteiger partial charge in [-0.2, -0.15) is 0 Å². The van der Waals surface area contributed by atoms with E-state index in [1.807, 2.05) is 12.1 Å². The van der Waals surface area contributed by atoms with Gasteiger partial charge in [-0.05, 0) is 40.2 Å². The van der Waals surface area contributed by atoms with E-state index in [0.717, 1.165) is 28.9 Å². The first kappa shape index (κ1) is 17.7. The number of amides is 1. The van der Waals surface area contributed by atoms with Gasteiger partial charge in [0.2, 0.25) is 0 Å². The molecule has 1 N–H and O–H groups in total. The molecule has 1 aromatic heterocycles. The van der Waals surface area contributed by atoms with Crippen LogP contribution in [0.3, 0.4) is 0 Å². The van der Waals surface area contributed by atoms with Gasteiger partial charge in [0.1, 0.15) is 11.6 Å². The number of hydrogen-bond acceptors (Lipinski definition) is 5. The number of hydrogen-bond donors (Lipinski definition) is 1. The largest absolute Gasteiger partial charge is 0.497 e. The fourth-order valence-electron chi connectivity index (χ4n) is 2.70. The predicted octanol–water partition coefficient (Wildman–Crippen LogP) is 2.62. The van der Waals surface area contributed by atoms with Crippen molar-refractivity contribution in [2.45, 2.75) is 6.54 Å². The smallest absolute Gasteiger partial charge is 0.252 e. The van der Waals surface area contributed by atoms with Crippen molar-refractivity contribution in [2.75, 3.05) is 38.3 Å². The van der Waals surface area contributed by atoms with Crippen molar-refractivity contribution in [1.82, 2.24) is 10.3 Å². The zero-order valence-electron chi connectivity index (χ0n) is 14.0. The highest BCUT2D eigenvalue weighted by molar-refractivity contribution is 9.10. The first-order chi connectivity index (χ1) is 12.2. The zero-order valence-corrected chi connectivity index (χ0v) is 15.6. The lowest BCUT2D eigenvalue weighted by Gasteiger charge is -2.29. The summed E-state index contributed by atoms with van der Waals surface area (Å²) in [5.74, 6) is 1.38. The minimum atomic E-state index is -0.164. The maximum absolute atomic E-state index is 12.5. The Morgan fingerprint density at radius 3 is 2.92 bits per heavy atom. The molecular weight excluding hydrogens is 386 g/mol. The van der Waals surface area contributed by atoms with Crippen LogP contribution in [-0.2, 0) is 11.3 Å². The normalized spacial score (nSPS) is 14.2. The number of rotatable bonds is 5. The SMILES string of the molecule is COc1ccc(Br)c(C(=O)NCc2cccnc2N2CCOCC2)c1. The quantitative estimate of drug-likeness (QED) is 0.827. The second-order valence-corrected chi connectivity index (χ2v) is 6.47. The summed E-state index contributed by atoms with van der Waals surface area (Å²) in [6, 6.07) is 9.19. The van der Waals surface area contributed by atoms with Crippen LogP contribution >= 0.6 is 15.9 Å². The van der Waals surface area contributed by atoms with Gasteiger partial charge in [-0.25, -0.2) is 4.98 Å². The third-order valence-corrected chi connectivity index (χ3v) is 4.73. The fourth-order valence-corrected chi connectivity index (χ4v) is 3.13. The average molecular weight is 406 g/mol. The number of halogens is 1. The molecule has 0 spiro atoms. The number of benzene rings is 1. The molecule has 0 unspecified atom stereocenters. The summed E-state index contributed by atoms with van der Waals surface area (Å²) in [7, 11) is 1.58. The van der Waals surface area contributed by atoms with E-state index in [9.17, 15) is 4.79 Å². The van der Waals surface area contributed by atoms with E-state index in [1.165, 1.54) is 0 Å². The molecule has 6 nitrogen and oxygen atoms in total. The number of aromatic nitrogens is 1. The Morgan fingerprint density at radius 1 is 1.36 bits per heavy atom. The van der Waals surface area contributed by atoms with Crippen LogP contribution in [0.1, 0.15) is 15.9 Å². The van der Waals surface area contributed by atoms with Gasteiger partial charge < -0.3 is 19.7 Å². The molecule has 2 heterocycles. The number of carbonyl (C=O) groups excluding carboxylic acids is 1. The van der Waals surface area contributed by atoms with Crippen molar-refractivity contribution in [3.8, 4) is 5.75 Å². The van der Waals surface area contributed by atoms with Gasteiger partial charge in [-0.3, -0.25) is 4.79 Å². The van der Waals surface area contributed by atoms with E-state index >= 15 is 0 Å². The molecule has 132 valence electrons. The van der Waals surface area contributed by atoms with Crippen LogP contribution in [0.25, 0.3) is 0 Å². The van der Waals surface area contributed by atoms with E-state index < -0.39 is 0 Å². The Bertz CT molecular complexity index is 748. The molecule has 2 aromatic rings. The summed E-state index contributed by atoms with van der Waals surface area (Å²) in [5.41, 5.74) is 1.52. The fraction of sp³-hybridized carbons (Fsp3) is 0.333. The number of pyridine rings is 1. The molecule has 3 rings (SSSR count). The number of morpholine rings is 1. The molecule has 0 aliphatic carbocycles. The summed E-state index contributed by atoms with van der Waals surface area (Å²) in [5, 5.41) is 2.96. The molecule has 0 bridgehead atoms. The molecule has 1 aliphatic heterocycles. The monoisotopic (exact) mass is 405 g/mol. The van der Waals surface area contributed by atoms with Gasteiger partial charge in [-0.15, -0.1) is 0 Å². The van der Waals surface area contributed by atoms with Crippen molar-refractivity contribution in [3.05, 3.63) is 52.1 Å². The number of carbonyl (C=O) groups is 1. The van der Waals surface area contributed by atoms with Crippen LogP contribution in [0, 0.1) is 0 Å². The Balaban J connectivity index is 1.72. The minimum Gasteiger partial charge on any atom is -0.497 e. The molecule has 7 heteroatoms. The Kier molecular flexibility index (Phi) is 5.88. The predicted molar refractivity (Wildman–Crippen MR) is 99.1 cm³/mol. The van der Waals surface area contributed by atoms with Crippen molar-refractivity contribution >= 4 is 27.7 Å². The highest BCUT2D eigenvalue weighted by Gasteiger charge is 2.17. The molecule has 1 amide bonds. The molecule has 1 fully saturated rings. The van der Waals surface area contributed by atoms with Crippen molar-refractivity contribution < 1.29 is 14.3 Å². The second-order valence-electron chi connectivity index (χ2n) is 5.61. The van der Waals surface area contributed by atoms with Crippen LogP contribution in [0.15, 0.2) is 41.0 Å². The lowest BCUT2D eigenvalue weighted by molar-refractivity contribution is 0.0949. The van der Waals surface area contributed by atoms with Gasteiger partial charge in [0, 0.05) is 35.9 Å². The van der Waals surface area contributed by atoms with Crippen LogP contribution in [-0.4, -0.2) is 44.3 Å². The number of nitrogens with one attached hydrogen (secondary N) is 1. The first-order valence-corrected chi connectivity index (χ1v) is 8.86. The summed E-state index contributed by atoms with van der Waals surface area (Å²) in [6.45, 7) is 3.40.